The summed E-state index contributed by atoms with van der Waals surface area (Å²) >= 11 is 0. The zero-order valence-corrected chi connectivity index (χ0v) is 12.8. The molecule has 0 aliphatic heterocycles. The monoisotopic (exact) mass is 278 g/mol. The molecular weight excluding hydrogens is 256 g/mol. The zero-order valence-electron chi connectivity index (χ0n) is 12.8. The van der Waals surface area contributed by atoms with Gasteiger partial charge in [-0.05, 0) is 13.8 Å². The molecule has 20 heavy (non-hydrogen) atoms. The third kappa shape index (κ3) is 3.88. The molecule has 1 aromatic rings. The van der Waals surface area contributed by atoms with Crippen molar-refractivity contribution in [3.8, 4) is 11.5 Å². The molecule has 0 bridgehead atoms. The maximum Gasteiger partial charge on any atom is 0.143 e. The van der Waals surface area contributed by atoms with Gasteiger partial charge in [0.1, 0.15) is 34.5 Å². The Morgan fingerprint density at radius 1 is 0.800 bits per heavy atom. The smallest absolute Gasteiger partial charge is 0.143 e. The number of hydrogen-bond acceptors (Lipinski definition) is 4. The second-order valence-corrected chi connectivity index (χ2v) is 4.94. The highest BCUT2D eigenvalue weighted by molar-refractivity contribution is 5.86. The highest BCUT2D eigenvalue weighted by atomic mass is 16.3. The van der Waals surface area contributed by atoms with Crippen molar-refractivity contribution in [3.05, 3.63) is 12.1 Å². The van der Waals surface area contributed by atoms with Crippen molar-refractivity contribution in [2.45, 2.75) is 13.8 Å². The quantitative estimate of drug-likeness (QED) is 0.495. The summed E-state index contributed by atoms with van der Waals surface area (Å²) in [5, 5.41) is 20.0. The highest BCUT2D eigenvalue weighted by Crippen LogP contribution is 2.38. The van der Waals surface area contributed by atoms with Crippen molar-refractivity contribution >= 4 is 23.0 Å². The third-order valence-corrected chi connectivity index (χ3v) is 2.93. The van der Waals surface area contributed by atoms with Gasteiger partial charge in [-0.3, -0.25) is 0 Å². The summed E-state index contributed by atoms with van der Waals surface area (Å²) in [6.07, 6.45) is 0. The van der Waals surface area contributed by atoms with Crippen LogP contribution in [0.25, 0.3) is 0 Å². The molecule has 0 unspecified atom stereocenters. The molecule has 0 aliphatic rings. The first kappa shape index (κ1) is 15.8. The van der Waals surface area contributed by atoms with Crippen molar-refractivity contribution in [3.63, 3.8) is 0 Å². The van der Waals surface area contributed by atoms with Gasteiger partial charge in [0.25, 0.3) is 0 Å². The van der Waals surface area contributed by atoms with Crippen molar-refractivity contribution in [2.75, 3.05) is 28.2 Å². The van der Waals surface area contributed by atoms with Crippen LogP contribution in [-0.2, 0) is 0 Å². The van der Waals surface area contributed by atoms with Gasteiger partial charge in [-0.25, -0.2) is 9.98 Å². The fourth-order valence-electron chi connectivity index (χ4n) is 1.28. The molecular formula is C14H22N4O2. The van der Waals surface area contributed by atoms with Crippen LogP contribution in [0.3, 0.4) is 0 Å². The van der Waals surface area contributed by atoms with E-state index in [2.05, 4.69) is 9.98 Å². The van der Waals surface area contributed by atoms with E-state index in [0.717, 1.165) is 11.7 Å². The topological polar surface area (TPSA) is 71.7 Å². The highest BCUT2D eigenvalue weighted by Gasteiger charge is 2.09. The number of benzene rings is 1. The predicted octanol–water partition coefficient (Wildman–Crippen LogP) is 2.32. The van der Waals surface area contributed by atoms with Gasteiger partial charge in [0.15, 0.2) is 0 Å². The average Bonchev–Trinajstić information content (AvgIpc) is 2.34. The second-order valence-electron chi connectivity index (χ2n) is 4.94. The molecule has 0 radical (unpaired) electrons. The standard InChI is InChI=1S/C14H22N4O2/c1-9(17(3)4)15-11-7-14(20)12(8-13(11)19)16-10(2)18(5)6/h7-8,19-20H,1-6H3. The Hall–Kier alpha value is -2.24. The van der Waals surface area contributed by atoms with Gasteiger partial charge in [-0.2, -0.15) is 0 Å². The van der Waals surface area contributed by atoms with Crippen LogP contribution in [0.4, 0.5) is 11.4 Å². The van der Waals surface area contributed by atoms with E-state index in [0.29, 0.717) is 11.4 Å². The first-order chi connectivity index (χ1) is 9.22. The van der Waals surface area contributed by atoms with Crippen LogP contribution >= 0.6 is 0 Å². The van der Waals surface area contributed by atoms with Crippen LogP contribution in [0.5, 0.6) is 11.5 Å². The fourth-order valence-corrected chi connectivity index (χ4v) is 1.28. The van der Waals surface area contributed by atoms with E-state index in [1.807, 2.05) is 51.8 Å². The maximum absolute atomic E-state index is 9.98. The number of phenolic OH excluding ortho intramolecular Hbond substituents is 2. The SMILES string of the molecule is CC(=Nc1cc(O)c(N=C(C)N(C)C)cc1O)N(C)C. The Morgan fingerprint density at radius 3 is 1.35 bits per heavy atom. The molecule has 6 nitrogen and oxygen atoms in total. The molecule has 0 spiro atoms. The number of hydrogen-bond donors (Lipinski definition) is 2. The molecule has 0 atom stereocenters. The van der Waals surface area contributed by atoms with E-state index in [4.69, 9.17) is 0 Å². The minimum Gasteiger partial charge on any atom is -0.506 e. The summed E-state index contributed by atoms with van der Waals surface area (Å²) in [7, 11) is 7.42. The molecule has 0 fully saturated rings. The summed E-state index contributed by atoms with van der Waals surface area (Å²) in [5.74, 6) is 1.41. The summed E-state index contributed by atoms with van der Waals surface area (Å²) in [5.41, 5.74) is 0.630. The lowest BCUT2D eigenvalue weighted by molar-refractivity contribution is 0.462. The van der Waals surface area contributed by atoms with Crippen LogP contribution in [0.1, 0.15) is 13.8 Å². The second kappa shape index (κ2) is 6.27. The van der Waals surface area contributed by atoms with Crippen molar-refractivity contribution < 1.29 is 10.2 Å². The van der Waals surface area contributed by atoms with E-state index < -0.39 is 0 Å². The van der Waals surface area contributed by atoms with Crippen LogP contribution in [0, 0.1) is 0 Å². The summed E-state index contributed by atoms with van der Waals surface area (Å²) in [6, 6.07) is 2.81. The Bertz CT molecular complexity index is 499. The molecule has 110 valence electrons. The van der Waals surface area contributed by atoms with Gasteiger partial charge >= 0.3 is 0 Å². The first-order valence-electron chi connectivity index (χ1n) is 6.23. The van der Waals surface area contributed by atoms with E-state index >= 15 is 0 Å². The third-order valence-electron chi connectivity index (χ3n) is 2.93. The Labute approximate surface area is 119 Å². The summed E-state index contributed by atoms with van der Waals surface area (Å²) in [4.78, 5) is 12.1. The Morgan fingerprint density at radius 2 is 1.10 bits per heavy atom. The van der Waals surface area contributed by atoms with E-state index in [1.54, 1.807) is 0 Å². The largest absolute Gasteiger partial charge is 0.506 e. The van der Waals surface area contributed by atoms with Gasteiger partial charge in [0, 0.05) is 40.3 Å². The molecule has 2 N–H and O–H groups in total. The Balaban J connectivity index is 3.23. The van der Waals surface area contributed by atoms with Gasteiger partial charge in [0.05, 0.1) is 0 Å². The molecule has 0 aromatic heterocycles. The van der Waals surface area contributed by atoms with Crippen molar-refractivity contribution in [2.24, 2.45) is 9.98 Å². The number of aliphatic imine (C=N–C) groups is 2. The number of nitrogens with zero attached hydrogens (tertiary/aromatic N) is 4. The predicted molar refractivity (Wildman–Crippen MR) is 82.7 cm³/mol. The number of phenols is 2. The molecule has 0 amide bonds. The lowest BCUT2D eigenvalue weighted by atomic mass is 10.2. The normalized spacial score (nSPS) is 12.5. The van der Waals surface area contributed by atoms with Gasteiger partial charge in [-0.1, -0.05) is 0 Å². The molecule has 0 saturated heterocycles. The van der Waals surface area contributed by atoms with Crippen molar-refractivity contribution in [1.29, 1.82) is 0 Å². The van der Waals surface area contributed by atoms with Gasteiger partial charge in [0.2, 0.25) is 0 Å². The molecule has 1 aromatic carbocycles. The van der Waals surface area contributed by atoms with E-state index in [9.17, 15) is 10.2 Å². The minimum absolute atomic E-state index is 0.0192. The van der Waals surface area contributed by atoms with Crippen LogP contribution in [0.2, 0.25) is 0 Å². The molecule has 0 saturated carbocycles. The maximum atomic E-state index is 9.98. The van der Waals surface area contributed by atoms with Crippen LogP contribution < -0.4 is 0 Å². The summed E-state index contributed by atoms with van der Waals surface area (Å²) < 4.78 is 0. The molecule has 6 heteroatoms. The lowest BCUT2D eigenvalue weighted by Gasteiger charge is -2.13. The average molecular weight is 278 g/mol. The summed E-state index contributed by atoms with van der Waals surface area (Å²) in [6.45, 7) is 3.64. The van der Waals surface area contributed by atoms with Crippen LogP contribution in [-0.4, -0.2) is 59.9 Å². The van der Waals surface area contributed by atoms with Gasteiger partial charge < -0.3 is 20.0 Å². The van der Waals surface area contributed by atoms with Crippen LogP contribution in [0.15, 0.2) is 22.1 Å². The molecule has 0 heterocycles. The van der Waals surface area contributed by atoms with Crippen molar-refractivity contribution in [1.82, 2.24) is 9.80 Å². The number of amidine groups is 2. The van der Waals surface area contributed by atoms with Gasteiger partial charge in [-0.15, -0.1) is 0 Å². The fraction of sp³-hybridized carbons (Fsp3) is 0.429. The zero-order chi connectivity index (χ0) is 15.4. The first-order valence-corrected chi connectivity index (χ1v) is 6.23. The Kier molecular flexibility index (Phi) is 4.96. The van der Waals surface area contributed by atoms with E-state index in [-0.39, 0.29) is 11.5 Å². The number of aromatic hydroxyl groups is 2. The number of rotatable bonds is 2. The lowest BCUT2D eigenvalue weighted by Crippen LogP contribution is -2.18. The molecule has 1 rings (SSSR count). The molecule has 0 aliphatic carbocycles. The minimum atomic E-state index is -0.0192. The van der Waals surface area contributed by atoms with E-state index in [1.165, 1.54) is 12.1 Å².